The predicted octanol–water partition coefficient (Wildman–Crippen LogP) is 4.70. The molecule has 0 radical (unpaired) electrons. The lowest BCUT2D eigenvalue weighted by molar-refractivity contribution is 0.930. The summed E-state index contributed by atoms with van der Waals surface area (Å²) in [4.78, 5) is 9.02. The van der Waals surface area contributed by atoms with Gasteiger partial charge in [0.05, 0.1) is 15.4 Å². The monoisotopic (exact) mass is 275 g/mol. The number of hydrogen-bond donors (Lipinski definition) is 0. The second-order valence-corrected chi connectivity index (χ2v) is 6.98. The third kappa shape index (κ3) is 1.52. The van der Waals surface area contributed by atoms with E-state index in [9.17, 15) is 0 Å². The van der Waals surface area contributed by atoms with E-state index >= 15 is 0 Å². The van der Waals surface area contributed by atoms with E-state index in [1.54, 1.807) is 11.3 Å². The van der Waals surface area contributed by atoms with E-state index in [1.807, 2.05) is 22.7 Å². The zero-order chi connectivity index (χ0) is 11.2. The normalized spacial score (nSPS) is 13.4. The molecule has 0 amide bonds. The fourth-order valence-electron chi connectivity index (χ4n) is 2.21. The number of thiazole rings is 1. The van der Waals surface area contributed by atoms with Gasteiger partial charge in [-0.3, -0.25) is 0 Å². The van der Waals surface area contributed by atoms with Gasteiger partial charge in [-0.05, 0) is 35.7 Å². The van der Waals surface area contributed by atoms with Crippen molar-refractivity contribution in [2.45, 2.75) is 12.8 Å². The van der Waals surface area contributed by atoms with E-state index in [4.69, 9.17) is 4.98 Å². The summed E-state index contributed by atoms with van der Waals surface area (Å²) in [6, 6.07) is 6.49. The highest BCUT2D eigenvalue weighted by molar-refractivity contribution is 7.23. The van der Waals surface area contributed by atoms with Crippen LogP contribution in [0.15, 0.2) is 29.0 Å². The Bertz CT molecular complexity index is 661. The molecule has 3 aromatic rings. The van der Waals surface area contributed by atoms with Gasteiger partial charge in [0.15, 0.2) is 0 Å². The topological polar surface area (TPSA) is 12.9 Å². The molecule has 0 spiro atoms. The van der Waals surface area contributed by atoms with Crippen LogP contribution < -0.4 is 0 Å². The summed E-state index contributed by atoms with van der Waals surface area (Å²) < 4.78 is 0. The van der Waals surface area contributed by atoms with Crippen LogP contribution in [0.3, 0.4) is 0 Å². The maximum absolute atomic E-state index is 4.81. The van der Waals surface area contributed by atoms with Gasteiger partial charge >= 0.3 is 0 Å². The third-order valence-corrected chi connectivity index (χ3v) is 6.16. The fourth-order valence-corrected chi connectivity index (χ4v) is 5.12. The number of fused-ring (bicyclic) bond motifs is 3. The molecule has 0 aromatic carbocycles. The lowest BCUT2D eigenvalue weighted by Gasteiger charge is -2.09. The SMILES string of the molecule is c1csc(-c2nc3c(s2)-c2ccsc2CC3)c1. The van der Waals surface area contributed by atoms with Crippen LogP contribution in [0, 0.1) is 0 Å². The molecule has 4 rings (SSSR count). The maximum Gasteiger partial charge on any atom is 0.134 e. The standard InChI is InChI=1S/C13H9NS3/c1-2-11(15-6-1)13-14-9-3-4-10-8(5-7-16-10)12(9)17-13/h1-2,5-7H,3-4H2. The van der Waals surface area contributed by atoms with Crippen molar-refractivity contribution in [1.82, 2.24) is 4.98 Å². The summed E-state index contributed by atoms with van der Waals surface area (Å²) in [6.07, 6.45) is 2.26. The highest BCUT2D eigenvalue weighted by Gasteiger charge is 2.22. The second kappa shape index (κ2) is 3.77. The average molecular weight is 275 g/mol. The molecule has 3 aromatic heterocycles. The largest absolute Gasteiger partial charge is 0.240 e. The van der Waals surface area contributed by atoms with Crippen molar-refractivity contribution in [3.63, 3.8) is 0 Å². The van der Waals surface area contributed by atoms with Gasteiger partial charge in [-0.15, -0.1) is 34.0 Å². The fraction of sp³-hybridized carbons (Fsp3) is 0.154. The molecule has 0 fully saturated rings. The molecule has 0 atom stereocenters. The molecule has 0 aliphatic heterocycles. The first-order valence-corrected chi connectivity index (χ1v) is 8.10. The van der Waals surface area contributed by atoms with Crippen LogP contribution in [0.5, 0.6) is 0 Å². The third-order valence-electron chi connectivity index (χ3n) is 3.01. The number of nitrogens with zero attached hydrogens (tertiary/aromatic N) is 1. The van der Waals surface area contributed by atoms with E-state index < -0.39 is 0 Å². The average Bonchev–Trinajstić information content (AvgIpc) is 3.08. The molecule has 1 aliphatic rings. The quantitative estimate of drug-likeness (QED) is 0.627. The van der Waals surface area contributed by atoms with E-state index in [0.717, 1.165) is 12.8 Å². The molecule has 17 heavy (non-hydrogen) atoms. The van der Waals surface area contributed by atoms with E-state index in [0.29, 0.717) is 0 Å². The molecule has 84 valence electrons. The smallest absolute Gasteiger partial charge is 0.134 e. The van der Waals surface area contributed by atoms with Gasteiger partial charge in [0.25, 0.3) is 0 Å². The van der Waals surface area contributed by atoms with Crippen molar-refractivity contribution in [3.05, 3.63) is 39.5 Å². The molecular weight excluding hydrogens is 266 g/mol. The van der Waals surface area contributed by atoms with Crippen LogP contribution in [-0.2, 0) is 12.8 Å². The van der Waals surface area contributed by atoms with Gasteiger partial charge in [-0.1, -0.05) is 6.07 Å². The van der Waals surface area contributed by atoms with Crippen LogP contribution in [0.1, 0.15) is 10.6 Å². The number of thiophene rings is 2. The minimum Gasteiger partial charge on any atom is -0.240 e. The Balaban J connectivity index is 1.90. The summed E-state index contributed by atoms with van der Waals surface area (Å²) in [6.45, 7) is 0. The summed E-state index contributed by atoms with van der Waals surface area (Å²) >= 11 is 5.50. The molecule has 0 bridgehead atoms. The van der Waals surface area contributed by atoms with Crippen LogP contribution in [0.4, 0.5) is 0 Å². The number of hydrogen-bond acceptors (Lipinski definition) is 4. The maximum atomic E-state index is 4.81. The number of rotatable bonds is 1. The highest BCUT2D eigenvalue weighted by Crippen LogP contribution is 2.43. The first kappa shape index (κ1) is 10.00. The molecule has 1 nitrogen and oxygen atoms in total. The Morgan fingerprint density at radius 2 is 2.06 bits per heavy atom. The van der Waals surface area contributed by atoms with Crippen LogP contribution >= 0.6 is 34.0 Å². The lowest BCUT2D eigenvalue weighted by Crippen LogP contribution is -1.98. The van der Waals surface area contributed by atoms with Crippen molar-refractivity contribution < 1.29 is 0 Å². The van der Waals surface area contributed by atoms with E-state index in [2.05, 4.69) is 29.0 Å². The van der Waals surface area contributed by atoms with E-state index in [-0.39, 0.29) is 0 Å². The minimum atomic E-state index is 1.10. The summed E-state index contributed by atoms with van der Waals surface area (Å²) in [5.74, 6) is 0. The van der Waals surface area contributed by atoms with Gasteiger partial charge in [0, 0.05) is 10.4 Å². The second-order valence-electron chi connectivity index (χ2n) is 4.03. The first-order chi connectivity index (χ1) is 8.42. The molecule has 0 unspecified atom stereocenters. The van der Waals surface area contributed by atoms with Gasteiger partial charge in [-0.2, -0.15) is 0 Å². The molecule has 4 heteroatoms. The number of aryl methyl sites for hydroxylation is 2. The molecule has 0 saturated heterocycles. The first-order valence-electron chi connectivity index (χ1n) is 5.52. The Kier molecular flexibility index (Phi) is 2.21. The molecular formula is C13H9NS3. The Morgan fingerprint density at radius 3 is 2.94 bits per heavy atom. The van der Waals surface area contributed by atoms with Gasteiger partial charge in [-0.25, -0.2) is 4.98 Å². The Labute approximate surface area is 111 Å². The van der Waals surface area contributed by atoms with Crippen molar-refractivity contribution in [3.8, 4) is 20.3 Å². The van der Waals surface area contributed by atoms with Crippen LogP contribution in [0.2, 0.25) is 0 Å². The zero-order valence-corrected chi connectivity index (χ0v) is 11.4. The predicted molar refractivity (Wildman–Crippen MR) is 76.1 cm³/mol. The van der Waals surface area contributed by atoms with Crippen LogP contribution in [-0.4, -0.2) is 4.98 Å². The van der Waals surface area contributed by atoms with Gasteiger partial charge in [0.1, 0.15) is 5.01 Å². The summed E-state index contributed by atoms with van der Waals surface area (Å²) in [5, 5.41) is 5.50. The van der Waals surface area contributed by atoms with Crippen molar-refractivity contribution >= 4 is 34.0 Å². The molecule has 1 aliphatic carbocycles. The van der Waals surface area contributed by atoms with Crippen LogP contribution in [0.25, 0.3) is 20.3 Å². The molecule has 0 saturated carbocycles. The Hall–Kier alpha value is -0.970. The highest BCUT2D eigenvalue weighted by atomic mass is 32.1. The van der Waals surface area contributed by atoms with Crippen molar-refractivity contribution in [2.24, 2.45) is 0 Å². The van der Waals surface area contributed by atoms with Gasteiger partial charge < -0.3 is 0 Å². The van der Waals surface area contributed by atoms with Gasteiger partial charge in [0.2, 0.25) is 0 Å². The minimum absolute atomic E-state index is 1.10. The van der Waals surface area contributed by atoms with Crippen molar-refractivity contribution in [2.75, 3.05) is 0 Å². The number of aromatic nitrogens is 1. The summed E-state index contributed by atoms with van der Waals surface area (Å²) in [7, 11) is 0. The van der Waals surface area contributed by atoms with E-state index in [1.165, 1.54) is 30.9 Å². The molecule has 3 heterocycles. The zero-order valence-electron chi connectivity index (χ0n) is 8.97. The summed E-state index contributed by atoms with van der Waals surface area (Å²) in [5.41, 5.74) is 2.72. The lowest BCUT2D eigenvalue weighted by atomic mass is 10.0. The van der Waals surface area contributed by atoms with Crippen molar-refractivity contribution in [1.29, 1.82) is 0 Å². The Morgan fingerprint density at radius 1 is 1.06 bits per heavy atom. The molecule has 0 N–H and O–H groups in total.